The predicted molar refractivity (Wildman–Crippen MR) is 114 cm³/mol. The summed E-state index contributed by atoms with van der Waals surface area (Å²) in [6, 6.07) is 6.07. The number of aliphatic imine (C=N–C) groups is 1. The van der Waals surface area contributed by atoms with Gasteiger partial charge in [0.15, 0.2) is 5.96 Å². The zero-order valence-corrected chi connectivity index (χ0v) is 17.7. The Morgan fingerprint density at radius 1 is 1.23 bits per heavy atom. The minimum Gasteiger partial charge on any atom is -0.444 e. The van der Waals surface area contributed by atoms with Gasteiger partial charge in [-0.15, -0.1) is 0 Å². The Balaban J connectivity index is 1.23. The minimum absolute atomic E-state index is 0.114. The van der Waals surface area contributed by atoms with Crippen LogP contribution in [0.4, 0.5) is 4.39 Å². The third kappa shape index (κ3) is 5.22. The molecule has 9 heteroatoms. The summed E-state index contributed by atoms with van der Waals surface area (Å²) in [6.07, 6.45) is 3.82. The molecule has 1 aromatic carbocycles. The maximum atomic E-state index is 13.1. The number of carbonyl (C=O) groups excluding carboxylic acids is 1. The van der Waals surface area contributed by atoms with E-state index in [1.807, 2.05) is 4.90 Å². The first-order valence-corrected chi connectivity index (χ1v) is 10.7. The number of piperazine rings is 1. The van der Waals surface area contributed by atoms with E-state index in [1.54, 1.807) is 25.4 Å². The first-order valence-electron chi connectivity index (χ1n) is 10.7. The predicted octanol–water partition coefficient (Wildman–Crippen LogP) is 1.92. The van der Waals surface area contributed by atoms with Crippen molar-refractivity contribution < 1.29 is 18.3 Å². The lowest BCUT2D eigenvalue weighted by Crippen LogP contribution is -2.55. The van der Waals surface area contributed by atoms with Crippen molar-refractivity contribution in [3.8, 4) is 11.5 Å². The molecule has 0 aliphatic carbocycles. The third-order valence-electron chi connectivity index (χ3n) is 5.61. The highest BCUT2D eigenvalue weighted by atomic mass is 19.1. The largest absolute Gasteiger partial charge is 0.444 e. The van der Waals surface area contributed by atoms with E-state index in [2.05, 4.69) is 20.2 Å². The monoisotopic (exact) mass is 429 g/mol. The van der Waals surface area contributed by atoms with E-state index in [4.69, 9.17) is 9.15 Å². The van der Waals surface area contributed by atoms with Crippen LogP contribution in [0.1, 0.15) is 18.5 Å². The van der Waals surface area contributed by atoms with Gasteiger partial charge < -0.3 is 24.3 Å². The average molecular weight is 429 g/mol. The summed E-state index contributed by atoms with van der Waals surface area (Å²) in [6.45, 7) is 4.14. The Labute approximate surface area is 181 Å². The second-order valence-electron chi connectivity index (χ2n) is 7.69. The Hall–Kier alpha value is -2.94. The first kappa shape index (κ1) is 21.3. The topological polar surface area (TPSA) is 83.2 Å². The van der Waals surface area contributed by atoms with E-state index >= 15 is 0 Å². The second-order valence-corrected chi connectivity index (χ2v) is 7.69. The quantitative estimate of drug-likeness (QED) is 0.578. The fraction of sp³-hybridized carbons (Fsp3) is 0.500. The van der Waals surface area contributed by atoms with Crippen LogP contribution in [0.15, 0.2) is 39.9 Å². The number of hydrogen-bond acceptors (Lipinski definition) is 5. The number of nitrogens with one attached hydrogen (secondary N) is 1. The summed E-state index contributed by atoms with van der Waals surface area (Å²) in [4.78, 5) is 25.4. The molecule has 0 radical (unpaired) electrons. The second kappa shape index (κ2) is 9.91. The molecule has 2 aromatic rings. The summed E-state index contributed by atoms with van der Waals surface area (Å²) in [7, 11) is 1.76. The lowest BCUT2D eigenvalue weighted by atomic mass is 10.2. The zero-order chi connectivity index (χ0) is 21.6. The number of benzene rings is 1. The summed E-state index contributed by atoms with van der Waals surface area (Å²) < 4.78 is 24.1. The van der Waals surface area contributed by atoms with E-state index in [0.29, 0.717) is 38.6 Å². The van der Waals surface area contributed by atoms with Gasteiger partial charge in [-0.3, -0.25) is 9.79 Å². The molecule has 2 aliphatic heterocycles. The van der Waals surface area contributed by atoms with Gasteiger partial charge in [0, 0.05) is 58.4 Å². The standard InChI is InChI=1S/C22H28FN5O3/c1-24-22(28-12-10-27(11-13-28)21(29)19-3-2-14-30-19)25-9-8-18-15-31-20(26-18)16-4-6-17(23)7-5-16/h4-7,15,19H,2-3,8-14H2,1H3,(H,24,25). The van der Waals surface area contributed by atoms with Crippen molar-refractivity contribution in [2.75, 3.05) is 46.4 Å². The third-order valence-corrected chi connectivity index (χ3v) is 5.61. The summed E-state index contributed by atoms with van der Waals surface area (Å²) >= 11 is 0. The number of oxazole rings is 1. The van der Waals surface area contributed by atoms with Crippen molar-refractivity contribution in [3.05, 3.63) is 42.0 Å². The van der Waals surface area contributed by atoms with Crippen LogP contribution in [0.5, 0.6) is 0 Å². The molecule has 3 heterocycles. The molecular formula is C22H28FN5O3. The number of carbonyl (C=O) groups is 1. The fourth-order valence-electron chi connectivity index (χ4n) is 3.90. The molecule has 1 N–H and O–H groups in total. The minimum atomic E-state index is -0.289. The van der Waals surface area contributed by atoms with Crippen LogP contribution < -0.4 is 5.32 Å². The average Bonchev–Trinajstić information content (AvgIpc) is 3.50. The maximum Gasteiger partial charge on any atom is 0.251 e. The van der Waals surface area contributed by atoms with Crippen molar-refractivity contribution in [1.29, 1.82) is 0 Å². The Morgan fingerprint density at radius 2 is 1.97 bits per heavy atom. The van der Waals surface area contributed by atoms with Crippen LogP contribution in [0.25, 0.3) is 11.5 Å². The van der Waals surface area contributed by atoms with E-state index in [0.717, 1.165) is 43.1 Å². The van der Waals surface area contributed by atoms with Crippen LogP contribution in [-0.2, 0) is 16.0 Å². The Morgan fingerprint density at radius 3 is 2.65 bits per heavy atom. The van der Waals surface area contributed by atoms with Gasteiger partial charge in [-0.1, -0.05) is 0 Å². The number of amides is 1. The molecule has 2 aliphatic rings. The van der Waals surface area contributed by atoms with Crippen molar-refractivity contribution >= 4 is 11.9 Å². The highest BCUT2D eigenvalue weighted by molar-refractivity contribution is 5.82. The molecule has 1 amide bonds. The van der Waals surface area contributed by atoms with E-state index < -0.39 is 0 Å². The number of nitrogens with zero attached hydrogens (tertiary/aromatic N) is 4. The zero-order valence-electron chi connectivity index (χ0n) is 17.7. The van der Waals surface area contributed by atoms with E-state index in [9.17, 15) is 9.18 Å². The molecule has 0 bridgehead atoms. The first-order chi connectivity index (χ1) is 15.1. The van der Waals surface area contributed by atoms with Gasteiger partial charge in [0.05, 0.1) is 5.69 Å². The SMILES string of the molecule is CN=C(NCCc1coc(-c2ccc(F)cc2)n1)N1CCN(C(=O)C2CCCO2)CC1. The van der Waals surface area contributed by atoms with Crippen LogP contribution in [0, 0.1) is 5.82 Å². The van der Waals surface area contributed by atoms with Gasteiger partial charge in [-0.25, -0.2) is 9.37 Å². The molecule has 2 fully saturated rings. The molecule has 8 nitrogen and oxygen atoms in total. The summed E-state index contributed by atoms with van der Waals surface area (Å²) in [5.41, 5.74) is 1.56. The molecular weight excluding hydrogens is 401 g/mol. The highest BCUT2D eigenvalue weighted by Crippen LogP contribution is 2.19. The van der Waals surface area contributed by atoms with Crippen molar-refractivity contribution in [3.63, 3.8) is 0 Å². The number of aromatic nitrogens is 1. The normalized spacial score (nSPS) is 19.7. The number of halogens is 1. The van der Waals surface area contributed by atoms with Gasteiger partial charge in [0.25, 0.3) is 5.91 Å². The highest BCUT2D eigenvalue weighted by Gasteiger charge is 2.30. The smallest absolute Gasteiger partial charge is 0.251 e. The Kier molecular flexibility index (Phi) is 6.81. The van der Waals surface area contributed by atoms with Crippen LogP contribution in [0.3, 0.4) is 0 Å². The fourth-order valence-corrected chi connectivity index (χ4v) is 3.90. The Bertz CT molecular complexity index is 900. The molecule has 0 spiro atoms. The van der Waals surface area contributed by atoms with Crippen molar-refractivity contribution in [2.24, 2.45) is 4.99 Å². The number of hydrogen-bond donors (Lipinski definition) is 1. The number of ether oxygens (including phenoxy) is 1. The molecule has 4 rings (SSSR count). The van der Waals surface area contributed by atoms with Crippen molar-refractivity contribution in [1.82, 2.24) is 20.1 Å². The molecule has 1 atom stereocenters. The van der Waals surface area contributed by atoms with Crippen LogP contribution in [0.2, 0.25) is 0 Å². The number of guanidine groups is 1. The van der Waals surface area contributed by atoms with Gasteiger partial charge >= 0.3 is 0 Å². The van der Waals surface area contributed by atoms with Crippen molar-refractivity contribution in [2.45, 2.75) is 25.4 Å². The lowest BCUT2D eigenvalue weighted by molar-refractivity contribution is -0.142. The molecule has 166 valence electrons. The van der Waals surface area contributed by atoms with Gasteiger partial charge in [0.2, 0.25) is 5.89 Å². The van der Waals surface area contributed by atoms with E-state index in [1.165, 1.54) is 12.1 Å². The van der Waals surface area contributed by atoms with E-state index in [-0.39, 0.29) is 17.8 Å². The van der Waals surface area contributed by atoms with Crippen LogP contribution >= 0.6 is 0 Å². The maximum absolute atomic E-state index is 13.1. The summed E-state index contributed by atoms with van der Waals surface area (Å²) in [5, 5.41) is 3.36. The van der Waals surface area contributed by atoms with Gasteiger partial charge in [0.1, 0.15) is 18.2 Å². The molecule has 1 aromatic heterocycles. The molecule has 2 saturated heterocycles. The number of rotatable bonds is 5. The molecule has 1 unspecified atom stereocenters. The lowest BCUT2D eigenvalue weighted by Gasteiger charge is -2.37. The summed E-state index contributed by atoms with van der Waals surface area (Å²) in [5.74, 6) is 1.11. The molecule has 0 saturated carbocycles. The van der Waals surface area contributed by atoms with Gasteiger partial charge in [-0.2, -0.15) is 0 Å². The molecule has 31 heavy (non-hydrogen) atoms. The van der Waals surface area contributed by atoms with Crippen LogP contribution in [-0.4, -0.2) is 79.1 Å². The van der Waals surface area contributed by atoms with Gasteiger partial charge in [-0.05, 0) is 37.1 Å².